The number of esters is 1. The number of carbonyl (C=O) groups is 1. The van der Waals surface area contributed by atoms with Crippen LogP contribution in [0, 0.1) is 13.8 Å². The molecule has 4 rings (SSSR count). The minimum absolute atomic E-state index is 0.104. The molecule has 9 nitrogen and oxygen atoms in total. The number of carbonyl (C=O) groups excluding carboxylic acids is 1. The van der Waals surface area contributed by atoms with Crippen molar-refractivity contribution in [3.63, 3.8) is 0 Å². The topological polar surface area (TPSA) is 112 Å². The number of imidazole rings is 1. The molecule has 1 aromatic carbocycles. The van der Waals surface area contributed by atoms with E-state index in [1.165, 1.54) is 17.3 Å². The van der Waals surface area contributed by atoms with Gasteiger partial charge in [0.25, 0.3) is 0 Å². The van der Waals surface area contributed by atoms with Crippen LogP contribution in [0.25, 0.3) is 11.0 Å². The second-order valence-corrected chi connectivity index (χ2v) is 10.1. The lowest BCUT2D eigenvalue weighted by molar-refractivity contribution is 0.0453. The molecule has 3 aromatic rings. The van der Waals surface area contributed by atoms with Gasteiger partial charge >= 0.3 is 11.6 Å². The van der Waals surface area contributed by atoms with Gasteiger partial charge in [0.1, 0.15) is 23.8 Å². The first-order valence-electron chi connectivity index (χ1n) is 11.0. The monoisotopic (exact) mass is 473 g/mol. The number of benzene rings is 1. The van der Waals surface area contributed by atoms with E-state index in [0.717, 1.165) is 24.8 Å². The van der Waals surface area contributed by atoms with Crippen molar-refractivity contribution in [3.8, 4) is 0 Å². The van der Waals surface area contributed by atoms with Gasteiger partial charge in [0.05, 0.1) is 15.9 Å². The van der Waals surface area contributed by atoms with Gasteiger partial charge < -0.3 is 13.7 Å². The summed E-state index contributed by atoms with van der Waals surface area (Å²) in [5.74, 6) is 0.0828. The number of rotatable bonds is 6. The van der Waals surface area contributed by atoms with E-state index >= 15 is 0 Å². The fourth-order valence-corrected chi connectivity index (χ4v) is 5.84. The van der Waals surface area contributed by atoms with Gasteiger partial charge in [-0.25, -0.2) is 23.0 Å². The molecule has 2 aromatic heterocycles. The molecule has 1 aliphatic heterocycles. The molecule has 0 spiro atoms. The van der Waals surface area contributed by atoms with E-state index in [-0.39, 0.29) is 22.8 Å². The van der Waals surface area contributed by atoms with Crippen LogP contribution in [0.15, 0.2) is 38.4 Å². The molecule has 0 amide bonds. The zero-order chi connectivity index (χ0) is 23.8. The van der Waals surface area contributed by atoms with E-state index in [0.29, 0.717) is 36.5 Å². The summed E-state index contributed by atoms with van der Waals surface area (Å²) in [6, 6.07) is 6.18. The van der Waals surface area contributed by atoms with Crippen LogP contribution in [0.3, 0.4) is 0 Å². The maximum atomic E-state index is 13.0. The number of ether oxygens (including phenoxy) is 1. The quantitative estimate of drug-likeness (QED) is 0.506. The highest BCUT2D eigenvalue weighted by atomic mass is 32.2. The fourth-order valence-electron chi connectivity index (χ4n) is 4.30. The van der Waals surface area contributed by atoms with Gasteiger partial charge in [0.15, 0.2) is 0 Å². The molecule has 0 radical (unpaired) electrons. The summed E-state index contributed by atoms with van der Waals surface area (Å²) < 4.78 is 40.0. The SMILES string of the molecule is CCn1c(COC(=O)c2c(C)cc(=O)oc2C)nc2cc(S(=O)(=O)N3CCCCC3)ccc21. The molecule has 0 saturated carbocycles. The van der Waals surface area contributed by atoms with Gasteiger partial charge in [-0.3, -0.25) is 0 Å². The molecule has 3 heterocycles. The van der Waals surface area contributed by atoms with Gasteiger partial charge in [0.2, 0.25) is 10.0 Å². The Morgan fingerprint density at radius 1 is 1.15 bits per heavy atom. The second-order valence-electron chi connectivity index (χ2n) is 8.14. The minimum Gasteiger partial charge on any atom is -0.454 e. The first kappa shape index (κ1) is 23.2. The largest absolute Gasteiger partial charge is 0.454 e. The van der Waals surface area contributed by atoms with Gasteiger partial charge in [-0.1, -0.05) is 6.42 Å². The van der Waals surface area contributed by atoms with Crippen molar-refractivity contribution in [2.45, 2.75) is 58.1 Å². The van der Waals surface area contributed by atoms with Crippen LogP contribution in [0.1, 0.15) is 53.7 Å². The third kappa shape index (κ3) is 4.45. The average molecular weight is 474 g/mol. The van der Waals surface area contributed by atoms with E-state index in [2.05, 4.69) is 4.98 Å². The van der Waals surface area contributed by atoms with Crippen molar-refractivity contribution in [3.05, 3.63) is 57.4 Å². The standard InChI is InChI=1S/C23H27N3O6S/c1-4-26-19-9-8-17(33(29,30)25-10-6-5-7-11-25)13-18(19)24-20(26)14-31-23(28)22-15(2)12-21(27)32-16(22)3/h8-9,12-13H,4-7,10-11,14H2,1-3H3. The van der Waals surface area contributed by atoms with Crippen molar-refractivity contribution >= 4 is 27.0 Å². The van der Waals surface area contributed by atoms with Crippen LogP contribution in [-0.4, -0.2) is 41.3 Å². The van der Waals surface area contributed by atoms with E-state index < -0.39 is 21.6 Å². The minimum atomic E-state index is -3.58. The Morgan fingerprint density at radius 3 is 2.55 bits per heavy atom. The van der Waals surface area contributed by atoms with E-state index in [4.69, 9.17) is 9.15 Å². The smallest absolute Gasteiger partial charge is 0.342 e. The Hall–Kier alpha value is -2.98. The maximum absolute atomic E-state index is 13.0. The predicted octanol–water partition coefficient (Wildman–Crippen LogP) is 3.16. The van der Waals surface area contributed by atoms with Crippen LogP contribution >= 0.6 is 0 Å². The maximum Gasteiger partial charge on any atom is 0.342 e. The summed E-state index contributed by atoms with van der Waals surface area (Å²) in [7, 11) is -3.58. The highest BCUT2D eigenvalue weighted by molar-refractivity contribution is 7.89. The number of sulfonamides is 1. The lowest BCUT2D eigenvalue weighted by Gasteiger charge is -2.25. The predicted molar refractivity (Wildman–Crippen MR) is 122 cm³/mol. The van der Waals surface area contributed by atoms with E-state index in [9.17, 15) is 18.0 Å². The summed E-state index contributed by atoms with van der Waals surface area (Å²) >= 11 is 0. The van der Waals surface area contributed by atoms with Crippen LogP contribution in [0.2, 0.25) is 0 Å². The van der Waals surface area contributed by atoms with Crippen LogP contribution in [0.4, 0.5) is 0 Å². The molecule has 0 atom stereocenters. The average Bonchev–Trinajstić information content (AvgIpc) is 3.14. The number of hydrogen-bond acceptors (Lipinski definition) is 7. The van der Waals surface area contributed by atoms with E-state index in [1.54, 1.807) is 25.1 Å². The number of aromatic nitrogens is 2. The molecule has 1 fully saturated rings. The first-order valence-corrected chi connectivity index (χ1v) is 12.4. The second kappa shape index (κ2) is 9.11. The Kier molecular flexibility index (Phi) is 6.40. The molecule has 1 aliphatic rings. The number of hydrogen-bond donors (Lipinski definition) is 0. The fraction of sp³-hybridized carbons (Fsp3) is 0.435. The van der Waals surface area contributed by atoms with Crippen molar-refractivity contribution in [1.29, 1.82) is 0 Å². The number of aryl methyl sites for hydroxylation is 3. The summed E-state index contributed by atoms with van der Waals surface area (Å²) in [6.07, 6.45) is 2.78. The summed E-state index contributed by atoms with van der Waals surface area (Å²) in [6.45, 7) is 6.65. The first-order chi connectivity index (χ1) is 15.7. The highest BCUT2D eigenvalue weighted by Crippen LogP contribution is 2.25. The molecule has 176 valence electrons. The third-order valence-electron chi connectivity index (χ3n) is 5.94. The van der Waals surface area contributed by atoms with Gasteiger partial charge in [-0.2, -0.15) is 4.31 Å². The lowest BCUT2D eigenvalue weighted by Crippen LogP contribution is -2.35. The van der Waals surface area contributed by atoms with Gasteiger partial charge in [-0.05, 0) is 57.4 Å². The number of piperidine rings is 1. The van der Waals surface area contributed by atoms with Gasteiger partial charge in [-0.15, -0.1) is 0 Å². The third-order valence-corrected chi connectivity index (χ3v) is 7.83. The molecule has 0 aliphatic carbocycles. The van der Waals surface area contributed by atoms with Crippen LogP contribution in [0.5, 0.6) is 0 Å². The normalized spacial score (nSPS) is 15.1. The number of nitrogens with zero attached hydrogens (tertiary/aromatic N) is 3. The van der Waals surface area contributed by atoms with Gasteiger partial charge in [0, 0.05) is 25.7 Å². The molecule has 1 saturated heterocycles. The molecule has 10 heteroatoms. The highest BCUT2D eigenvalue weighted by Gasteiger charge is 2.27. The van der Waals surface area contributed by atoms with Crippen LogP contribution < -0.4 is 5.63 Å². The zero-order valence-electron chi connectivity index (χ0n) is 19.0. The number of fused-ring (bicyclic) bond motifs is 1. The zero-order valence-corrected chi connectivity index (χ0v) is 19.8. The Morgan fingerprint density at radius 2 is 1.88 bits per heavy atom. The summed E-state index contributed by atoms with van der Waals surface area (Å²) in [5.41, 5.74) is 1.46. The molecular weight excluding hydrogens is 446 g/mol. The molecular formula is C23H27N3O6S. The van der Waals surface area contributed by atoms with Crippen molar-refractivity contribution in [1.82, 2.24) is 13.9 Å². The van der Waals surface area contributed by atoms with Crippen molar-refractivity contribution < 1.29 is 22.4 Å². The van der Waals surface area contributed by atoms with Crippen LogP contribution in [-0.2, 0) is 27.9 Å². The molecule has 0 unspecified atom stereocenters. The Bertz CT molecular complexity index is 1340. The summed E-state index contributed by atoms with van der Waals surface area (Å²) in [4.78, 5) is 28.9. The lowest BCUT2D eigenvalue weighted by atomic mass is 10.1. The van der Waals surface area contributed by atoms with Crippen molar-refractivity contribution in [2.75, 3.05) is 13.1 Å². The Balaban J connectivity index is 1.61. The molecule has 0 bridgehead atoms. The summed E-state index contributed by atoms with van der Waals surface area (Å²) in [5, 5.41) is 0. The molecule has 33 heavy (non-hydrogen) atoms. The Labute approximate surface area is 192 Å². The van der Waals surface area contributed by atoms with Crippen molar-refractivity contribution in [2.24, 2.45) is 0 Å². The molecule has 0 N–H and O–H groups in total. The van der Waals surface area contributed by atoms with E-state index in [1.807, 2.05) is 11.5 Å².